The van der Waals surface area contributed by atoms with E-state index in [-0.39, 0.29) is 23.1 Å². The second-order valence-electron chi connectivity index (χ2n) is 7.27. The molecule has 8 heteroatoms. The minimum absolute atomic E-state index is 0.0134. The van der Waals surface area contributed by atoms with Gasteiger partial charge in [-0.1, -0.05) is 13.8 Å². The average Bonchev–Trinajstić information content (AvgIpc) is 2.91. The van der Waals surface area contributed by atoms with Gasteiger partial charge in [0.15, 0.2) is 0 Å². The van der Waals surface area contributed by atoms with Crippen LogP contribution in [0.4, 0.5) is 18.9 Å². The number of benzene rings is 1. The van der Waals surface area contributed by atoms with E-state index in [1.54, 1.807) is 0 Å². The molecule has 2 aromatic rings. The number of halogens is 3. The maximum atomic E-state index is 13.1. The van der Waals surface area contributed by atoms with Gasteiger partial charge in [-0.3, -0.25) is 9.59 Å². The second-order valence-corrected chi connectivity index (χ2v) is 7.27. The van der Waals surface area contributed by atoms with Crippen molar-refractivity contribution < 1.29 is 22.7 Å². The smallest absolute Gasteiger partial charge is 0.416 e. The third kappa shape index (κ3) is 4.55. The number of nitrogens with one attached hydrogen (secondary N) is 2. The van der Waals surface area contributed by atoms with Gasteiger partial charge in [0, 0.05) is 18.0 Å². The number of aromatic nitrogens is 1. The number of carbonyl (C=O) groups excluding carboxylic acids is 1. The number of hydrogen-bond acceptors (Lipinski definition) is 3. The first-order valence-electron chi connectivity index (χ1n) is 9.01. The third-order valence-corrected chi connectivity index (χ3v) is 5.12. The van der Waals surface area contributed by atoms with E-state index in [4.69, 9.17) is 4.74 Å². The number of ether oxygens (including phenoxy) is 1. The lowest BCUT2D eigenvalue weighted by Gasteiger charge is -2.18. The number of carbonyl (C=O) groups is 1. The van der Waals surface area contributed by atoms with Crippen molar-refractivity contribution in [2.24, 2.45) is 11.8 Å². The monoisotopic (exact) mass is 394 g/mol. The van der Waals surface area contributed by atoms with E-state index < -0.39 is 23.2 Å². The first-order valence-corrected chi connectivity index (χ1v) is 9.01. The third-order valence-electron chi connectivity index (χ3n) is 5.12. The van der Waals surface area contributed by atoms with Crippen LogP contribution < -0.4 is 15.6 Å². The van der Waals surface area contributed by atoms with E-state index in [2.05, 4.69) is 24.1 Å². The molecule has 0 spiro atoms. The molecular weight excluding hydrogens is 373 g/mol. The molecule has 1 aromatic heterocycles. The van der Waals surface area contributed by atoms with Crippen molar-refractivity contribution >= 4 is 11.6 Å². The van der Waals surface area contributed by atoms with Gasteiger partial charge in [-0.05, 0) is 48.9 Å². The molecule has 150 valence electrons. The molecule has 0 radical (unpaired) electrons. The van der Waals surface area contributed by atoms with Crippen molar-refractivity contribution in [2.45, 2.75) is 39.0 Å². The number of alkyl halides is 3. The normalized spacial score (nSPS) is 22.1. The Morgan fingerprint density at radius 3 is 2.43 bits per heavy atom. The molecular formula is C20H21F3N2O3. The maximum Gasteiger partial charge on any atom is 0.416 e. The lowest BCUT2D eigenvalue weighted by Crippen LogP contribution is -2.19. The zero-order valence-corrected chi connectivity index (χ0v) is 15.5. The SMILES string of the molecule is C[C@@H]1CC(Oc2cc(C(F)(F)F)ccc2C(=O)Nc2cc[nH]c(=O)c2)C[C@@H]1C. The molecule has 1 aliphatic rings. The van der Waals surface area contributed by atoms with Gasteiger partial charge in [0.1, 0.15) is 5.75 Å². The van der Waals surface area contributed by atoms with Gasteiger partial charge in [-0.25, -0.2) is 0 Å². The lowest BCUT2D eigenvalue weighted by molar-refractivity contribution is -0.137. The highest BCUT2D eigenvalue weighted by molar-refractivity contribution is 6.06. The van der Waals surface area contributed by atoms with Crippen LogP contribution in [0, 0.1) is 11.8 Å². The van der Waals surface area contributed by atoms with Crippen molar-refractivity contribution in [2.75, 3.05) is 5.32 Å². The molecule has 1 amide bonds. The number of hydrogen-bond donors (Lipinski definition) is 2. The van der Waals surface area contributed by atoms with Crippen LogP contribution in [0.2, 0.25) is 0 Å². The van der Waals surface area contributed by atoms with Crippen LogP contribution in [0.3, 0.4) is 0 Å². The van der Waals surface area contributed by atoms with Gasteiger partial charge in [0.2, 0.25) is 5.56 Å². The van der Waals surface area contributed by atoms with E-state index in [1.807, 2.05) is 0 Å². The summed E-state index contributed by atoms with van der Waals surface area (Å²) in [5.41, 5.74) is -1.06. The van der Waals surface area contributed by atoms with Crippen LogP contribution in [-0.4, -0.2) is 17.0 Å². The number of H-pyrrole nitrogens is 1. The summed E-state index contributed by atoms with van der Waals surface area (Å²) in [6.07, 6.45) is -2.00. The van der Waals surface area contributed by atoms with Gasteiger partial charge in [0.05, 0.1) is 17.2 Å². The number of rotatable bonds is 4. The van der Waals surface area contributed by atoms with Crippen LogP contribution in [0.25, 0.3) is 0 Å². The van der Waals surface area contributed by atoms with E-state index in [0.717, 1.165) is 18.2 Å². The first kappa shape index (κ1) is 20.0. The Balaban J connectivity index is 1.90. The number of pyridine rings is 1. The van der Waals surface area contributed by atoms with Gasteiger partial charge in [-0.15, -0.1) is 0 Å². The summed E-state index contributed by atoms with van der Waals surface area (Å²) in [7, 11) is 0. The predicted octanol–water partition coefficient (Wildman–Crippen LogP) is 4.46. The van der Waals surface area contributed by atoms with Crippen LogP contribution >= 0.6 is 0 Å². The van der Waals surface area contributed by atoms with Crippen molar-refractivity contribution in [1.82, 2.24) is 4.98 Å². The standard InChI is InChI=1S/C20H21F3N2O3/c1-11-7-15(8-12(11)2)28-17-9-13(20(21,22)23)3-4-16(17)19(27)25-14-5-6-24-18(26)10-14/h3-6,9-12,15H,7-8H2,1-2H3,(H2,24,25,26,27)/t11-,12+,15?. The molecule has 28 heavy (non-hydrogen) atoms. The Bertz CT molecular complexity index is 913. The maximum absolute atomic E-state index is 13.1. The van der Waals surface area contributed by atoms with Crippen molar-refractivity contribution in [3.05, 3.63) is 58.0 Å². The molecule has 0 aliphatic heterocycles. The van der Waals surface area contributed by atoms with E-state index in [9.17, 15) is 22.8 Å². The van der Waals surface area contributed by atoms with E-state index in [1.165, 1.54) is 18.3 Å². The second kappa shape index (κ2) is 7.69. The summed E-state index contributed by atoms with van der Waals surface area (Å²) >= 11 is 0. The molecule has 5 nitrogen and oxygen atoms in total. The van der Waals surface area contributed by atoms with Gasteiger partial charge in [-0.2, -0.15) is 13.2 Å². The summed E-state index contributed by atoms with van der Waals surface area (Å²) in [6, 6.07) is 5.47. The molecule has 3 rings (SSSR count). The molecule has 1 heterocycles. The molecule has 2 N–H and O–H groups in total. The van der Waals surface area contributed by atoms with Crippen LogP contribution in [-0.2, 0) is 6.18 Å². The molecule has 3 atom stereocenters. The lowest BCUT2D eigenvalue weighted by atomic mass is 10.0. The molecule has 1 saturated carbocycles. The quantitative estimate of drug-likeness (QED) is 0.804. The molecule has 1 aliphatic carbocycles. The molecule has 1 unspecified atom stereocenters. The van der Waals surface area contributed by atoms with Gasteiger partial charge >= 0.3 is 6.18 Å². The zero-order chi connectivity index (χ0) is 20.5. The topological polar surface area (TPSA) is 71.2 Å². The minimum atomic E-state index is -4.55. The van der Waals surface area contributed by atoms with E-state index >= 15 is 0 Å². The number of anilines is 1. The Kier molecular flexibility index (Phi) is 5.49. The predicted molar refractivity (Wildman–Crippen MR) is 98.4 cm³/mol. The Morgan fingerprint density at radius 1 is 1.14 bits per heavy atom. The highest BCUT2D eigenvalue weighted by atomic mass is 19.4. The number of aromatic amines is 1. The molecule has 1 aromatic carbocycles. The van der Waals surface area contributed by atoms with Gasteiger partial charge in [0.25, 0.3) is 5.91 Å². The molecule has 0 saturated heterocycles. The fraction of sp³-hybridized carbons (Fsp3) is 0.400. The highest BCUT2D eigenvalue weighted by Gasteiger charge is 2.34. The van der Waals surface area contributed by atoms with Crippen LogP contribution in [0.15, 0.2) is 41.3 Å². The van der Waals surface area contributed by atoms with E-state index in [0.29, 0.717) is 24.7 Å². The molecule has 1 fully saturated rings. The molecule has 0 bridgehead atoms. The van der Waals surface area contributed by atoms with Crippen molar-refractivity contribution in [3.8, 4) is 5.75 Å². The highest BCUT2D eigenvalue weighted by Crippen LogP contribution is 2.37. The van der Waals surface area contributed by atoms with Crippen LogP contribution in [0.1, 0.15) is 42.6 Å². The summed E-state index contributed by atoms with van der Waals surface area (Å²) in [5.74, 6) is 0.0325. The summed E-state index contributed by atoms with van der Waals surface area (Å²) < 4.78 is 45.2. The fourth-order valence-electron chi connectivity index (χ4n) is 3.37. The first-order chi connectivity index (χ1) is 13.1. The zero-order valence-electron chi connectivity index (χ0n) is 15.5. The number of amides is 1. The van der Waals surface area contributed by atoms with Gasteiger partial charge < -0.3 is 15.0 Å². The Labute approximate surface area is 159 Å². The Hall–Kier alpha value is -2.77. The minimum Gasteiger partial charge on any atom is -0.490 e. The Morgan fingerprint density at radius 2 is 1.82 bits per heavy atom. The van der Waals surface area contributed by atoms with Crippen molar-refractivity contribution in [3.63, 3.8) is 0 Å². The van der Waals surface area contributed by atoms with Crippen molar-refractivity contribution in [1.29, 1.82) is 0 Å². The summed E-state index contributed by atoms with van der Waals surface area (Å²) in [5, 5.41) is 2.52. The summed E-state index contributed by atoms with van der Waals surface area (Å²) in [4.78, 5) is 26.4. The average molecular weight is 394 g/mol. The summed E-state index contributed by atoms with van der Waals surface area (Å²) in [6.45, 7) is 4.14. The van der Waals surface area contributed by atoms with Crippen LogP contribution in [0.5, 0.6) is 5.75 Å². The fourth-order valence-corrected chi connectivity index (χ4v) is 3.37. The largest absolute Gasteiger partial charge is 0.490 e.